The minimum absolute atomic E-state index is 0.153. The van der Waals surface area contributed by atoms with E-state index in [0.717, 1.165) is 17.6 Å². The first-order valence-corrected chi connectivity index (χ1v) is 10.2. The molecule has 0 heterocycles. The molecule has 0 aliphatic rings. The molecule has 0 aliphatic carbocycles. The Morgan fingerprint density at radius 2 is 1.76 bits per heavy atom. The largest absolute Gasteiger partial charge is 0.487 e. The number of benzene rings is 2. The van der Waals surface area contributed by atoms with E-state index in [2.05, 4.69) is 43.2 Å². The molecule has 1 unspecified atom stereocenters. The van der Waals surface area contributed by atoms with E-state index >= 15 is 0 Å². The Morgan fingerprint density at radius 1 is 1.10 bits per heavy atom. The zero-order chi connectivity index (χ0) is 21.4. The molecule has 4 nitrogen and oxygen atoms in total. The van der Waals surface area contributed by atoms with Crippen LogP contribution in [0.15, 0.2) is 60.7 Å². The lowest BCUT2D eigenvalue weighted by molar-refractivity contribution is -0.120. The van der Waals surface area contributed by atoms with Crippen molar-refractivity contribution in [2.75, 3.05) is 11.9 Å². The van der Waals surface area contributed by atoms with Crippen molar-refractivity contribution in [1.82, 2.24) is 5.32 Å². The van der Waals surface area contributed by atoms with Gasteiger partial charge in [0.2, 0.25) is 5.91 Å². The molecule has 0 aliphatic heterocycles. The van der Waals surface area contributed by atoms with Gasteiger partial charge in [0, 0.05) is 0 Å². The van der Waals surface area contributed by atoms with Gasteiger partial charge >= 0.3 is 0 Å². The molecule has 0 radical (unpaired) electrons. The van der Waals surface area contributed by atoms with Gasteiger partial charge in [-0.2, -0.15) is 0 Å². The molecule has 0 fully saturated rings. The fourth-order valence-corrected chi connectivity index (χ4v) is 3.05. The second-order valence-corrected chi connectivity index (χ2v) is 8.15. The summed E-state index contributed by atoms with van der Waals surface area (Å²) in [6.07, 6.45) is 1.03. The van der Waals surface area contributed by atoms with E-state index in [4.69, 9.17) is 17.0 Å². The van der Waals surface area contributed by atoms with Crippen LogP contribution in [-0.4, -0.2) is 17.6 Å². The first-order valence-electron chi connectivity index (χ1n) is 9.83. The number of rotatable bonds is 8. The van der Waals surface area contributed by atoms with Gasteiger partial charge in [-0.05, 0) is 67.2 Å². The fourth-order valence-electron chi connectivity index (χ4n) is 2.84. The molecule has 2 rings (SSSR count). The summed E-state index contributed by atoms with van der Waals surface area (Å²) in [5.74, 6) is 0.797. The van der Waals surface area contributed by atoms with Gasteiger partial charge in [0.05, 0.1) is 11.6 Å². The number of nitrogens with one attached hydrogen (secondary N) is 2. The Kier molecular flexibility index (Phi) is 8.40. The monoisotopic (exact) mass is 410 g/mol. The highest BCUT2D eigenvalue weighted by atomic mass is 32.1. The number of carbonyl (C=O) groups excluding carboxylic acids is 1. The predicted molar refractivity (Wildman–Crippen MR) is 125 cm³/mol. The first kappa shape index (κ1) is 22.6. The lowest BCUT2D eigenvalue weighted by Gasteiger charge is -2.17. The average molecular weight is 411 g/mol. The highest BCUT2D eigenvalue weighted by Crippen LogP contribution is 2.24. The van der Waals surface area contributed by atoms with Crippen LogP contribution in [0.25, 0.3) is 0 Å². The Balaban J connectivity index is 1.96. The number of hydrogen-bond donors (Lipinski definition) is 2. The standard InChI is InChI=1S/C24H30N2O2S/c1-16(2)14-19-10-12-20(13-11-19)18(5)23(27)26-24(29)25-21-8-6-7-9-22(21)28-15-17(3)4/h6-13,16,18H,3,14-15H2,1-2,4-5H3,(H2,25,26,27,29). The second-order valence-electron chi connectivity index (χ2n) is 7.75. The van der Waals surface area contributed by atoms with Crippen molar-refractivity contribution in [3.05, 3.63) is 71.8 Å². The van der Waals surface area contributed by atoms with Gasteiger partial charge in [-0.3, -0.25) is 4.79 Å². The van der Waals surface area contributed by atoms with Crippen LogP contribution in [0, 0.1) is 5.92 Å². The van der Waals surface area contributed by atoms with Crippen LogP contribution in [0.4, 0.5) is 5.69 Å². The van der Waals surface area contributed by atoms with Crippen molar-refractivity contribution < 1.29 is 9.53 Å². The molecule has 0 aromatic heterocycles. The lowest BCUT2D eigenvalue weighted by Crippen LogP contribution is -2.36. The van der Waals surface area contributed by atoms with Crippen molar-refractivity contribution in [2.24, 2.45) is 5.92 Å². The van der Waals surface area contributed by atoms with Crippen LogP contribution < -0.4 is 15.4 Å². The maximum absolute atomic E-state index is 12.6. The summed E-state index contributed by atoms with van der Waals surface area (Å²) in [4.78, 5) is 12.6. The quantitative estimate of drug-likeness (QED) is 0.448. The Bertz CT molecular complexity index is 859. The van der Waals surface area contributed by atoms with Crippen molar-refractivity contribution in [3.63, 3.8) is 0 Å². The molecular weight excluding hydrogens is 380 g/mol. The van der Waals surface area contributed by atoms with E-state index < -0.39 is 0 Å². The molecule has 2 aromatic rings. The molecule has 29 heavy (non-hydrogen) atoms. The number of hydrogen-bond acceptors (Lipinski definition) is 3. The number of anilines is 1. The smallest absolute Gasteiger partial charge is 0.233 e. The number of para-hydroxylation sites is 2. The summed E-state index contributed by atoms with van der Waals surface area (Å²) in [7, 11) is 0. The fraction of sp³-hybridized carbons (Fsp3) is 0.333. The van der Waals surface area contributed by atoms with Gasteiger partial charge in [0.15, 0.2) is 5.11 Å². The van der Waals surface area contributed by atoms with Crippen molar-refractivity contribution in [1.29, 1.82) is 0 Å². The van der Waals surface area contributed by atoms with Gasteiger partial charge in [-0.25, -0.2) is 0 Å². The van der Waals surface area contributed by atoms with Gasteiger partial charge in [-0.15, -0.1) is 0 Å². The van der Waals surface area contributed by atoms with E-state index in [1.165, 1.54) is 5.56 Å². The summed E-state index contributed by atoms with van der Waals surface area (Å²) >= 11 is 5.33. The third-order valence-corrected chi connectivity index (χ3v) is 4.57. The van der Waals surface area contributed by atoms with Gasteiger partial charge < -0.3 is 15.4 Å². The van der Waals surface area contributed by atoms with E-state index in [1.807, 2.05) is 50.2 Å². The number of ether oxygens (including phenoxy) is 1. The third kappa shape index (κ3) is 7.35. The Labute approximate surface area is 179 Å². The molecular formula is C24H30N2O2S. The van der Waals surface area contributed by atoms with Gasteiger partial charge in [0.25, 0.3) is 0 Å². The maximum Gasteiger partial charge on any atom is 0.233 e. The molecule has 1 amide bonds. The van der Waals surface area contributed by atoms with Crippen LogP contribution in [0.1, 0.15) is 44.7 Å². The summed E-state index contributed by atoms with van der Waals surface area (Å²) in [5, 5.41) is 6.06. The van der Waals surface area contributed by atoms with Crippen LogP contribution in [0.2, 0.25) is 0 Å². The lowest BCUT2D eigenvalue weighted by atomic mass is 9.96. The normalized spacial score (nSPS) is 11.6. The topological polar surface area (TPSA) is 50.4 Å². The zero-order valence-electron chi connectivity index (χ0n) is 17.6. The molecule has 5 heteroatoms. The number of thiocarbonyl (C=S) groups is 1. The number of amides is 1. The predicted octanol–water partition coefficient (Wildman–Crippen LogP) is 5.46. The molecule has 0 saturated heterocycles. The zero-order valence-corrected chi connectivity index (χ0v) is 18.4. The molecule has 0 spiro atoms. The van der Waals surface area contributed by atoms with Gasteiger partial charge in [0.1, 0.15) is 12.4 Å². The van der Waals surface area contributed by atoms with Crippen LogP contribution in [0.5, 0.6) is 5.75 Å². The van der Waals surface area contributed by atoms with Crippen LogP contribution >= 0.6 is 12.2 Å². The highest BCUT2D eigenvalue weighted by Gasteiger charge is 2.17. The summed E-state index contributed by atoms with van der Waals surface area (Å²) in [5.41, 5.74) is 3.86. The highest BCUT2D eigenvalue weighted by molar-refractivity contribution is 7.80. The summed E-state index contributed by atoms with van der Waals surface area (Å²) in [6.45, 7) is 12.4. The SMILES string of the molecule is C=C(C)COc1ccccc1NC(=S)NC(=O)C(C)c1ccc(CC(C)C)cc1. The number of carbonyl (C=O) groups is 1. The summed E-state index contributed by atoms with van der Waals surface area (Å²) in [6, 6.07) is 15.7. The van der Waals surface area contributed by atoms with E-state index in [9.17, 15) is 4.79 Å². The molecule has 2 N–H and O–H groups in total. The minimum atomic E-state index is -0.308. The average Bonchev–Trinajstić information content (AvgIpc) is 2.66. The molecule has 2 aromatic carbocycles. The molecule has 0 bridgehead atoms. The third-order valence-electron chi connectivity index (χ3n) is 4.36. The van der Waals surface area contributed by atoms with Crippen molar-refractivity contribution in [2.45, 2.75) is 40.0 Å². The summed E-state index contributed by atoms with van der Waals surface area (Å²) < 4.78 is 5.73. The Morgan fingerprint density at radius 3 is 2.38 bits per heavy atom. The van der Waals surface area contributed by atoms with Crippen molar-refractivity contribution >= 4 is 28.9 Å². The Hall–Kier alpha value is -2.66. The van der Waals surface area contributed by atoms with Crippen molar-refractivity contribution in [3.8, 4) is 5.75 Å². The second kappa shape index (κ2) is 10.8. The van der Waals surface area contributed by atoms with E-state index in [1.54, 1.807) is 0 Å². The minimum Gasteiger partial charge on any atom is -0.487 e. The van der Waals surface area contributed by atoms with E-state index in [-0.39, 0.29) is 16.9 Å². The van der Waals surface area contributed by atoms with Crippen LogP contribution in [0.3, 0.4) is 0 Å². The maximum atomic E-state index is 12.6. The molecule has 1 atom stereocenters. The van der Waals surface area contributed by atoms with Gasteiger partial charge in [-0.1, -0.05) is 56.8 Å². The molecule has 0 saturated carbocycles. The first-order chi connectivity index (χ1) is 13.8. The van der Waals surface area contributed by atoms with E-state index in [0.29, 0.717) is 24.0 Å². The molecule has 154 valence electrons. The van der Waals surface area contributed by atoms with Crippen LogP contribution in [-0.2, 0) is 11.2 Å².